The molecule has 0 radical (unpaired) electrons. The summed E-state index contributed by atoms with van der Waals surface area (Å²) in [5.41, 5.74) is 5.47. The van der Waals surface area contributed by atoms with Gasteiger partial charge in [-0.05, 0) is 20.3 Å². The van der Waals surface area contributed by atoms with Gasteiger partial charge in [-0.25, -0.2) is 0 Å². The second-order valence-electron chi connectivity index (χ2n) is 5.76. The first-order chi connectivity index (χ1) is 11.1. The molecule has 6 N–H and O–H groups in total. The number of allylic oxidation sites excluding steroid dienone is 2. The van der Waals surface area contributed by atoms with Crippen molar-refractivity contribution in [3.8, 4) is 0 Å². The minimum absolute atomic E-state index is 0.0515. The maximum absolute atomic E-state index is 11.9. The van der Waals surface area contributed by atoms with E-state index in [0.717, 1.165) is 0 Å². The molecule has 3 unspecified atom stereocenters. The van der Waals surface area contributed by atoms with Crippen molar-refractivity contribution in [2.24, 2.45) is 16.6 Å². The summed E-state index contributed by atoms with van der Waals surface area (Å²) in [6.45, 7) is 5.53. The second-order valence-corrected chi connectivity index (χ2v) is 5.76. The number of aliphatic carboxylic acids is 1. The fourth-order valence-corrected chi connectivity index (χ4v) is 2.01. The predicted octanol–water partition coefficient (Wildman–Crippen LogP) is 0.420. The highest BCUT2D eigenvalue weighted by atomic mass is 16.4. The van der Waals surface area contributed by atoms with Gasteiger partial charge in [-0.1, -0.05) is 6.92 Å². The molecule has 0 saturated heterocycles. The van der Waals surface area contributed by atoms with Crippen molar-refractivity contribution >= 4 is 17.5 Å². The molecule has 138 valence electrons. The zero-order valence-electron chi connectivity index (χ0n) is 14.4. The number of carboxylic acid groups (broad SMARTS) is 1. The molecule has 0 bridgehead atoms. The van der Waals surface area contributed by atoms with Crippen molar-refractivity contribution in [1.29, 1.82) is 0 Å². The molecule has 24 heavy (non-hydrogen) atoms. The molecule has 0 aromatic rings. The quantitative estimate of drug-likeness (QED) is 0.437. The third-order valence-corrected chi connectivity index (χ3v) is 3.30. The Morgan fingerprint density at radius 2 is 1.83 bits per heavy atom. The summed E-state index contributed by atoms with van der Waals surface area (Å²) < 4.78 is 0. The first-order valence-electron chi connectivity index (χ1n) is 7.91. The number of nitrogens with two attached hydrogens (primary N) is 1. The lowest BCUT2D eigenvalue weighted by Gasteiger charge is -2.21. The lowest BCUT2D eigenvalue weighted by atomic mass is 9.84. The third kappa shape index (κ3) is 7.67. The molecule has 0 spiro atoms. The van der Waals surface area contributed by atoms with Crippen LogP contribution in [-0.4, -0.2) is 63.2 Å². The Morgan fingerprint density at radius 1 is 1.29 bits per heavy atom. The Kier molecular flexibility index (Phi) is 10.1. The van der Waals surface area contributed by atoms with Gasteiger partial charge in [0, 0.05) is 25.1 Å². The number of carbonyl (C=O) groups is 2. The van der Waals surface area contributed by atoms with Gasteiger partial charge in [-0.2, -0.15) is 0 Å². The van der Waals surface area contributed by atoms with Crippen LogP contribution in [-0.2, 0) is 9.59 Å². The molecule has 8 nitrogen and oxygen atoms in total. The standard InChI is InChI=1S/C13H19NO5.C3H9NO/c1-3-9(14-6-7(2)15)12-10(16)4-8(13(18)19)5-11(12)17;1-3(5)2-4/h7-8,15-16H,3-6H2,1-2H3,(H,18,19);3,5H,2,4H2,1H3. The number of nitrogens with zero attached hydrogens (tertiary/aromatic N) is 1. The molecule has 1 aliphatic rings. The van der Waals surface area contributed by atoms with Gasteiger partial charge in [0.25, 0.3) is 0 Å². The number of aliphatic hydroxyl groups is 3. The van der Waals surface area contributed by atoms with E-state index >= 15 is 0 Å². The summed E-state index contributed by atoms with van der Waals surface area (Å²) in [6, 6.07) is 0. The summed E-state index contributed by atoms with van der Waals surface area (Å²) in [6.07, 6.45) is -0.702. The van der Waals surface area contributed by atoms with Crippen LogP contribution < -0.4 is 5.73 Å². The number of carboxylic acids is 1. The van der Waals surface area contributed by atoms with Crippen LogP contribution in [0.15, 0.2) is 16.3 Å². The number of carbonyl (C=O) groups excluding carboxylic acids is 1. The van der Waals surface area contributed by atoms with E-state index in [1.54, 1.807) is 20.8 Å². The van der Waals surface area contributed by atoms with Crippen LogP contribution in [0.5, 0.6) is 0 Å². The molecule has 0 amide bonds. The molecule has 0 saturated carbocycles. The fourth-order valence-electron chi connectivity index (χ4n) is 2.01. The van der Waals surface area contributed by atoms with Crippen molar-refractivity contribution in [2.45, 2.75) is 52.2 Å². The van der Waals surface area contributed by atoms with Gasteiger partial charge in [-0.15, -0.1) is 0 Å². The number of aliphatic imine (C=N–C) groups is 1. The minimum Gasteiger partial charge on any atom is -0.511 e. The van der Waals surface area contributed by atoms with Gasteiger partial charge in [0.05, 0.1) is 30.2 Å². The summed E-state index contributed by atoms with van der Waals surface area (Å²) in [7, 11) is 0. The molecule has 0 heterocycles. The van der Waals surface area contributed by atoms with Gasteiger partial charge in [-0.3, -0.25) is 14.6 Å². The zero-order chi connectivity index (χ0) is 18.9. The molecule has 1 rings (SSSR count). The van der Waals surface area contributed by atoms with Crippen LogP contribution in [0.1, 0.15) is 40.0 Å². The molecular weight excluding hydrogens is 316 g/mol. The van der Waals surface area contributed by atoms with Gasteiger partial charge in [0.2, 0.25) is 0 Å². The maximum Gasteiger partial charge on any atom is 0.307 e. The monoisotopic (exact) mass is 344 g/mol. The molecule has 3 atom stereocenters. The molecule has 8 heteroatoms. The Hall–Kier alpha value is -1.77. The average Bonchev–Trinajstić information content (AvgIpc) is 2.49. The topological polar surface area (TPSA) is 153 Å². The van der Waals surface area contributed by atoms with E-state index in [2.05, 4.69) is 4.99 Å². The summed E-state index contributed by atoms with van der Waals surface area (Å²) in [5.74, 6) is -2.57. The number of rotatable bonds is 6. The van der Waals surface area contributed by atoms with E-state index in [1.807, 2.05) is 0 Å². The van der Waals surface area contributed by atoms with Crippen LogP contribution in [0.3, 0.4) is 0 Å². The first-order valence-corrected chi connectivity index (χ1v) is 7.91. The largest absolute Gasteiger partial charge is 0.511 e. The predicted molar refractivity (Wildman–Crippen MR) is 90.0 cm³/mol. The Labute approximate surface area is 141 Å². The summed E-state index contributed by atoms with van der Waals surface area (Å²) in [4.78, 5) is 26.9. The van der Waals surface area contributed by atoms with Crippen molar-refractivity contribution in [1.82, 2.24) is 0 Å². The van der Waals surface area contributed by atoms with Crippen molar-refractivity contribution in [3.63, 3.8) is 0 Å². The normalized spacial score (nSPS) is 21.0. The van der Waals surface area contributed by atoms with Crippen LogP contribution in [0.2, 0.25) is 0 Å². The van der Waals surface area contributed by atoms with Crippen molar-refractivity contribution in [2.75, 3.05) is 13.1 Å². The van der Waals surface area contributed by atoms with Crippen molar-refractivity contribution in [3.05, 3.63) is 11.3 Å². The van der Waals surface area contributed by atoms with Crippen LogP contribution in [0, 0.1) is 5.92 Å². The van der Waals surface area contributed by atoms with E-state index in [9.17, 15) is 19.8 Å². The number of Topliss-reactive ketones (excluding diaryl/α,β-unsaturated/α-hetero) is 1. The first kappa shape index (κ1) is 22.2. The Morgan fingerprint density at radius 3 is 2.17 bits per heavy atom. The smallest absolute Gasteiger partial charge is 0.307 e. The van der Waals surface area contributed by atoms with Gasteiger partial charge in [0.15, 0.2) is 5.78 Å². The SMILES string of the molecule is CC(O)CN.CCC(=NCC(C)O)C1=C(O)CC(C(=O)O)CC1=O. The average molecular weight is 344 g/mol. The van der Waals surface area contributed by atoms with E-state index < -0.39 is 23.8 Å². The van der Waals surface area contributed by atoms with E-state index in [0.29, 0.717) is 18.7 Å². The zero-order valence-corrected chi connectivity index (χ0v) is 14.4. The minimum atomic E-state index is -1.09. The molecule has 0 fully saturated rings. The molecule has 0 aromatic carbocycles. The highest BCUT2D eigenvalue weighted by Gasteiger charge is 2.33. The summed E-state index contributed by atoms with van der Waals surface area (Å²) in [5, 5.41) is 36.2. The van der Waals surface area contributed by atoms with Crippen molar-refractivity contribution < 1.29 is 30.0 Å². The van der Waals surface area contributed by atoms with Crippen LogP contribution in [0.25, 0.3) is 0 Å². The Balaban J connectivity index is 0.000000922. The van der Waals surface area contributed by atoms with Crippen LogP contribution >= 0.6 is 0 Å². The van der Waals surface area contributed by atoms with E-state index in [-0.39, 0.29) is 36.8 Å². The van der Waals surface area contributed by atoms with Gasteiger partial charge < -0.3 is 26.2 Å². The fraction of sp³-hybridized carbons (Fsp3) is 0.688. The highest BCUT2D eigenvalue weighted by molar-refractivity contribution is 6.23. The maximum atomic E-state index is 11.9. The molecule has 1 aliphatic carbocycles. The van der Waals surface area contributed by atoms with Crippen LogP contribution in [0.4, 0.5) is 0 Å². The number of aliphatic hydroxyl groups excluding tert-OH is 3. The van der Waals surface area contributed by atoms with E-state index in [1.165, 1.54) is 0 Å². The highest BCUT2D eigenvalue weighted by Crippen LogP contribution is 2.27. The Bertz CT molecular complexity index is 497. The third-order valence-electron chi connectivity index (χ3n) is 3.30. The number of hydrogen-bond acceptors (Lipinski definition) is 7. The lowest BCUT2D eigenvalue weighted by molar-refractivity contribution is -0.144. The molecule has 0 aromatic heterocycles. The van der Waals surface area contributed by atoms with Gasteiger partial charge in [0.1, 0.15) is 5.76 Å². The number of hydrogen-bond donors (Lipinski definition) is 5. The number of ketones is 1. The molecular formula is C16H28N2O6. The second kappa shape index (κ2) is 10.9. The lowest BCUT2D eigenvalue weighted by Crippen LogP contribution is -2.28. The molecule has 0 aliphatic heterocycles. The summed E-state index contributed by atoms with van der Waals surface area (Å²) >= 11 is 0. The van der Waals surface area contributed by atoms with Gasteiger partial charge >= 0.3 is 5.97 Å². The van der Waals surface area contributed by atoms with E-state index in [4.69, 9.17) is 15.9 Å².